The minimum atomic E-state index is -0.486. The molecule has 0 amide bonds. The number of rotatable bonds is 3. The molecule has 0 bridgehead atoms. The van der Waals surface area contributed by atoms with Crippen LogP contribution in [0.4, 0.5) is 0 Å². The maximum atomic E-state index is 12.8. The number of hydrogen-bond donors (Lipinski definition) is 1. The maximum Gasteiger partial charge on any atom is 0.161 e. The number of ketones is 1. The van der Waals surface area contributed by atoms with E-state index in [9.17, 15) is 10.1 Å². The standard InChI is InChI=1S/C19H22N4O2/c1-22(2)23-14-8-6-9-15(24)18(14)17(13(11-20)19(23)21)12-7-4-5-10-16(12)25-3/h4-5,7,10,17H,6,8-9,21H2,1-3H3/t17-/m1/s1. The number of hydrogen-bond acceptors (Lipinski definition) is 6. The molecule has 1 atom stereocenters. The molecule has 1 aliphatic carbocycles. The molecule has 0 aromatic heterocycles. The molecule has 0 spiro atoms. The molecule has 6 nitrogen and oxygen atoms in total. The molecule has 1 aliphatic heterocycles. The summed E-state index contributed by atoms with van der Waals surface area (Å²) in [4.78, 5) is 12.8. The van der Waals surface area contributed by atoms with Gasteiger partial charge in [-0.15, -0.1) is 0 Å². The smallest absolute Gasteiger partial charge is 0.161 e. The van der Waals surface area contributed by atoms with Crippen LogP contribution in [0.3, 0.4) is 0 Å². The van der Waals surface area contributed by atoms with Crippen LogP contribution in [-0.4, -0.2) is 37.0 Å². The van der Waals surface area contributed by atoms with Crippen molar-refractivity contribution in [3.8, 4) is 11.8 Å². The average molecular weight is 338 g/mol. The lowest BCUT2D eigenvalue weighted by Crippen LogP contribution is -2.45. The Balaban J connectivity index is 2.30. The first kappa shape index (κ1) is 17.1. The number of nitriles is 1. The molecule has 0 unspecified atom stereocenters. The number of carbonyl (C=O) groups is 1. The molecular formula is C19H22N4O2. The van der Waals surface area contributed by atoms with Crippen molar-refractivity contribution >= 4 is 5.78 Å². The largest absolute Gasteiger partial charge is 0.496 e. The van der Waals surface area contributed by atoms with Crippen molar-refractivity contribution in [3.63, 3.8) is 0 Å². The van der Waals surface area contributed by atoms with Gasteiger partial charge in [-0.1, -0.05) is 18.2 Å². The summed E-state index contributed by atoms with van der Waals surface area (Å²) >= 11 is 0. The fourth-order valence-electron chi connectivity index (χ4n) is 3.74. The van der Waals surface area contributed by atoms with Crippen LogP contribution < -0.4 is 10.5 Å². The monoisotopic (exact) mass is 338 g/mol. The van der Waals surface area contributed by atoms with Gasteiger partial charge in [0, 0.05) is 37.3 Å². The fourth-order valence-corrected chi connectivity index (χ4v) is 3.74. The zero-order valence-corrected chi connectivity index (χ0v) is 14.7. The second-order valence-electron chi connectivity index (χ2n) is 6.38. The normalized spacial score (nSPS) is 20.7. The van der Waals surface area contributed by atoms with E-state index in [4.69, 9.17) is 10.5 Å². The van der Waals surface area contributed by atoms with E-state index in [2.05, 4.69) is 6.07 Å². The quantitative estimate of drug-likeness (QED) is 0.910. The first-order valence-electron chi connectivity index (χ1n) is 8.27. The van der Waals surface area contributed by atoms with Crippen molar-refractivity contribution in [1.29, 1.82) is 5.26 Å². The molecule has 2 aliphatic rings. The molecular weight excluding hydrogens is 316 g/mol. The number of nitrogens with zero attached hydrogens (tertiary/aromatic N) is 3. The summed E-state index contributed by atoms with van der Waals surface area (Å²) in [7, 11) is 5.30. The van der Waals surface area contributed by atoms with Gasteiger partial charge >= 0.3 is 0 Å². The molecule has 0 fully saturated rings. The van der Waals surface area contributed by atoms with E-state index in [-0.39, 0.29) is 5.78 Å². The number of hydrazine groups is 1. The summed E-state index contributed by atoms with van der Waals surface area (Å²) in [5, 5.41) is 13.4. The van der Waals surface area contributed by atoms with Gasteiger partial charge in [-0.3, -0.25) is 9.80 Å². The van der Waals surface area contributed by atoms with Gasteiger partial charge in [0.05, 0.1) is 24.7 Å². The summed E-state index contributed by atoms with van der Waals surface area (Å²) in [6.45, 7) is 0. The van der Waals surface area contributed by atoms with E-state index < -0.39 is 5.92 Å². The Morgan fingerprint density at radius 1 is 1.32 bits per heavy atom. The number of nitrogens with two attached hydrogens (primary N) is 1. The Morgan fingerprint density at radius 3 is 2.68 bits per heavy atom. The van der Waals surface area contributed by atoms with Crippen molar-refractivity contribution in [2.45, 2.75) is 25.2 Å². The molecule has 0 radical (unpaired) electrons. The first-order valence-corrected chi connectivity index (χ1v) is 8.27. The van der Waals surface area contributed by atoms with Crippen molar-refractivity contribution < 1.29 is 9.53 Å². The zero-order chi connectivity index (χ0) is 18.1. The molecule has 1 aromatic rings. The fraction of sp³-hybridized carbons (Fsp3) is 0.368. The molecule has 25 heavy (non-hydrogen) atoms. The lowest BCUT2D eigenvalue weighted by atomic mass is 9.76. The van der Waals surface area contributed by atoms with Crippen LogP contribution in [0.2, 0.25) is 0 Å². The predicted molar refractivity (Wildman–Crippen MR) is 94.0 cm³/mol. The number of Topliss-reactive ketones (excluding diaryl/α,β-unsaturated/α-hetero) is 1. The Labute approximate surface area is 147 Å². The highest BCUT2D eigenvalue weighted by Gasteiger charge is 2.41. The van der Waals surface area contributed by atoms with Crippen molar-refractivity contribution in [2.75, 3.05) is 21.2 Å². The molecule has 2 N–H and O–H groups in total. The van der Waals surface area contributed by atoms with Crippen LogP contribution in [-0.2, 0) is 4.79 Å². The van der Waals surface area contributed by atoms with Gasteiger partial charge in [-0.2, -0.15) is 5.26 Å². The third-order valence-corrected chi connectivity index (χ3v) is 4.74. The minimum Gasteiger partial charge on any atom is -0.496 e. The minimum absolute atomic E-state index is 0.0734. The number of carbonyl (C=O) groups excluding carboxylic acids is 1. The van der Waals surface area contributed by atoms with Crippen LogP contribution in [0.1, 0.15) is 30.7 Å². The number of allylic oxidation sites excluding steroid dienone is 3. The third kappa shape index (κ3) is 2.67. The van der Waals surface area contributed by atoms with Crippen LogP contribution >= 0.6 is 0 Å². The molecule has 6 heteroatoms. The molecule has 0 saturated heterocycles. The average Bonchev–Trinajstić information content (AvgIpc) is 2.60. The lowest BCUT2D eigenvalue weighted by molar-refractivity contribution is -0.116. The summed E-state index contributed by atoms with van der Waals surface area (Å²) in [5.41, 5.74) is 9.09. The third-order valence-electron chi connectivity index (χ3n) is 4.74. The van der Waals surface area contributed by atoms with E-state index in [1.807, 2.05) is 43.4 Å². The Morgan fingerprint density at radius 2 is 2.04 bits per heavy atom. The summed E-state index contributed by atoms with van der Waals surface area (Å²) in [6.07, 6.45) is 2.03. The number of ether oxygens (including phenoxy) is 1. The highest BCUT2D eigenvalue weighted by atomic mass is 16.5. The molecule has 3 rings (SSSR count). The van der Waals surface area contributed by atoms with E-state index in [1.54, 1.807) is 12.1 Å². The predicted octanol–water partition coefficient (Wildman–Crippen LogP) is 2.27. The van der Waals surface area contributed by atoms with Gasteiger partial charge in [-0.05, 0) is 18.9 Å². The topological polar surface area (TPSA) is 82.6 Å². The van der Waals surface area contributed by atoms with Crippen molar-refractivity contribution in [2.24, 2.45) is 5.73 Å². The van der Waals surface area contributed by atoms with Crippen LogP contribution in [0.15, 0.2) is 46.9 Å². The number of benzene rings is 1. The zero-order valence-electron chi connectivity index (χ0n) is 14.7. The Kier molecular flexibility index (Phi) is 4.51. The second kappa shape index (κ2) is 6.61. The summed E-state index contributed by atoms with van der Waals surface area (Å²) in [5.74, 6) is 0.609. The SMILES string of the molecule is COc1ccccc1[C@@H]1C(C#N)=C(N)N(N(C)C)C2=C1C(=O)CCC2. The van der Waals surface area contributed by atoms with Gasteiger partial charge in [0.1, 0.15) is 11.6 Å². The Bertz CT molecular complexity index is 817. The molecule has 130 valence electrons. The van der Waals surface area contributed by atoms with Crippen LogP contribution in [0.5, 0.6) is 5.75 Å². The maximum absolute atomic E-state index is 12.8. The van der Waals surface area contributed by atoms with E-state index in [1.165, 1.54) is 0 Å². The van der Waals surface area contributed by atoms with Crippen LogP contribution in [0.25, 0.3) is 0 Å². The van der Waals surface area contributed by atoms with Crippen LogP contribution in [0, 0.1) is 11.3 Å². The molecule has 1 heterocycles. The van der Waals surface area contributed by atoms with Gasteiger partial charge < -0.3 is 10.5 Å². The van der Waals surface area contributed by atoms with E-state index in [0.29, 0.717) is 29.1 Å². The summed E-state index contributed by atoms with van der Waals surface area (Å²) in [6, 6.07) is 9.72. The van der Waals surface area contributed by atoms with E-state index >= 15 is 0 Å². The van der Waals surface area contributed by atoms with Crippen molar-refractivity contribution in [3.05, 3.63) is 52.5 Å². The molecule has 1 aromatic carbocycles. The van der Waals surface area contributed by atoms with Crippen molar-refractivity contribution in [1.82, 2.24) is 10.0 Å². The number of para-hydroxylation sites is 1. The Hall–Kier alpha value is -2.78. The summed E-state index contributed by atoms with van der Waals surface area (Å²) < 4.78 is 5.49. The molecule has 0 saturated carbocycles. The number of methoxy groups -OCH3 is 1. The highest BCUT2D eigenvalue weighted by molar-refractivity contribution is 6.00. The van der Waals surface area contributed by atoms with Gasteiger partial charge in [0.15, 0.2) is 5.78 Å². The highest BCUT2D eigenvalue weighted by Crippen LogP contribution is 2.46. The lowest BCUT2D eigenvalue weighted by Gasteiger charge is -2.42. The first-order chi connectivity index (χ1) is 12.0. The van der Waals surface area contributed by atoms with E-state index in [0.717, 1.165) is 24.1 Å². The van der Waals surface area contributed by atoms with Gasteiger partial charge in [-0.25, -0.2) is 5.01 Å². The van der Waals surface area contributed by atoms with Gasteiger partial charge in [0.25, 0.3) is 0 Å². The second-order valence-corrected chi connectivity index (χ2v) is 6.38. The van der Waals surface area contributed by atoms with Gasteiger partial charge in [0.2, 0.25) is 0 Å².